The molecule has 0 radical (unpaired) electrons. The molecule has 0 saturated heterocycles. The third-order valence-electron chi connectivity index (χ3n) is 4.20. The van der Waals surface area contributed by atoms with Crippen molar-refractivity contribution in [1.82, 2.24) is 9.55 Å². The summed E-state index contributed by atoms with van der Waals surface area (Å²) in [5.74, 6) is 0.451. The van der Waals surface area contributed by atoms with Crippen LogP contribution in [0.3, 0.4) is 0 Å². The number of fused-ring (bicyclic) bond motifs is 3. The molecule has 3 aromatic rings. The first-order valence-electron chi connectivity index (χ1n) is 7.91. The van der Waals surface area contributed by atoms with Crippen molar-refractivity contribution in [3.8, 4) is 5.69 Å². The molecule has 2 heterocycles. The molecular formula is C19H13Cl2N3O2. The number of hydrogen-bond acceptors (Lipinski definition) is 4. The molecule has 4 rings (SSSR count). The monoisotopic (exact) mass is 385 g/mol. The average molecular weight is 386 g/mol. The summed E-state index contributed by atoms with van der Waals surface area (Å²) in [5, 5.41) is 10.9. The summed E-state index contributed by atoms with van der Waals surface area (Å²) in [5.41, 5.74) is 2.95. The van der Waals surface area contributed by atoms with Crippen LogP contribution < -0.4 is 5.56 Å². The maximum atomic E-state index is 11.9. The van der Waals surface area contributed by atoms with Gasteiger partial charge in [0.15, 0.2) is 0 Å². The summed E-state index contributed by atoms with van der Waals surface area (Å²) < 4.78 is 1.75. The molecule has 0 unspecified atom stereocenters. The molecular weight excluding hydrogens is 373 g/mol. The first-order chi connectivity index (χ1) is 12.6. The second-order valence-corrected chi connectivity index (χ2v) is 6.65. The highest BCUT2D eigenvalue weighted by molar-refractivity contribution is 6.36. The van der Waals surface area contributed by atoms with Gasteiger partial charge in [0.1, 0.15) is 5.82 Å². The lowest BCUT2D eigenvalue weighted by Crippen LogP contribution is -2.20. The van der Waals surface area contributed by atoms with E-state index in [9.17, 15) is 9.90 Å². The number of aliphatic imine (C=N–C) groups is 1. The second kappa shape index (κ2) is 6.68. The minimum absolute atomic E-state index is 0.177. The van der Waals surface area contributed by atoms with Gasteiger partial charge in [-0.3, -0.25) is 14.4 Å². The van der Waals surface area contributed by atoms with Gasteiger partial charge in [-0.1, -0.05) is 41.4 Å². The van der Waals surface area contributed by atoms with Crippen LogP contribution in [0.25, 0.3) is 5.69 Å². The fourth-order valence-corrected chi connectivity index (χ4v) is 3.51. The zero-order chi connectivity index (χ0) is 18.3. The Bertz CT molecular complexity index is 1110. The van der Waals surface area contributed by atoms with E-state index in [1.807, 2.05) is 24.3 Å². The topological polar surface area (TPSA) is 67.5 Å². The molecule has 1 aliphatic rings. The van der Waals surface area contributed by atoms with Gasteiger partial charge in [0, 0.05) is 27.2 Å². The van der Waals surface area contributed by atoms with Crippen molar-refractivity contribution in [3.63, 3.8) is 0 Å². The molecule has 130 valence electrons. The van der Waals surface area contributed by atoms with Crippen LogP contribution in [-0.4, -0.2) is 20.4 Å². The summed E-state index contributed by atoms with van der Waals surface area (Å²) in [4.78, 5) is 20.6. The number of rotatable bonds is 2. The van der Waals surface area contributed by atoms with Crippen molar-refractivity contribution in [2.45, 2.75) is 13.2 Å². The molecule has 0 saturated carbocycles. The largest absolute Gasteiger partial charge is 0.390 e. The zero-order valence-electron chi connectivity index (χ0n) is 13.5. The molecule has 1 aliphatic heterocycles. The van der Waals surface area contributed by atoms with Gasteiger partial charge in [-0.05, 0) is 24.3 Å². The van der Waals surface area contributed by atoms with Gasteiger partial charge in [-0.2, -0.15) is 4.98 Å². The molecule has 0 bridgehead atoms. The summed E-state index contributed by atoms with van der Waals surface area (Å²) in [6, 6.07) is 14.1. The minimum atomic E-state index is -0.410. The molecule has 5 nitrogen and oxygen atoms in total. The Hall–Kier alpha value is -2.47. The number of hydrogen-bond donors (Lipinski definition) is 1. The van der Waals surface area contributed by atoms with E-state index in [1.54, 1.807) is 22.8 Å². The average Bonchev–Trinajstić information content (AvgIpc) is 2.78. The van der Waals surface area contributed by atoms with Gasteiger partial charge in [-0.15, -0.1) is 0 Å². The minimum Gasteiger partial charge on any atom is -0.390 e. The van der Waals surface area contributed by atoms with Gasteiger partial charge in [0.25, 0.3) is 5.56 Å². The fraction of sp³-hybridized carbons (Fsp3) is 0.105. The second-order valence-electron chi connectivity index (χ2n) is 5.80. The van der Waals surface area contributed by atoms with E-state index < -0.39 is 5.56 Å². The predicted molar refractivity (Wildman–Crippen MR) is 102 cm³/mol. The van der Waals surface area contributed by atoms with Crippen molar-refractivity contribution in [1.29, 1.82) is 0 Å². The van der Waals surface area contributed by atoms with Gasteiger partial charge < -0.3 is 5.11 Å². The lowest BCUT2D eigenvalue weighted by atomic mass is 10.00. The van der Waals surface area contributed by atoms with E-state index in [2.05, 4.69) is 9.98 Å². The molecule has 0 amide bonds. The molecule has 0 spiro atoms. The molecule has 0 fully saturated rings. The van der Waals surface area contributed by atoms with E-state index in [1.165, 1.54) is 6.07 Å². The zero-order valence-corrected chi connectivity index (χ0v) is 15.0. The summed E-state index contributed by atoms with van der Waals surface area (Å²) >= 11 is 12.6. The lowest BCUT2D eigenvalue weighted by Gasteiger charge is -2.17. The highest BCUT2D eigenvalue weighted by Crippen LogP contribution is 2.30. The first kappa shape index (κ1) is 17.0. The number of nitrogens with zero attached hydrogens (tertiary/aromatic N) is 3. The summed E-state index contributed by atoms with van der Waals surface area (Å²) in [6.07, 6.45) is 0. The lowest BCUT2D eigenvalue weighted by molar-refractivity contribution is 0.272. The first-order valence-corrected chi connectivity index (χ1v) is 8.66. The molecule has 0 atom stereocenters. The number of halogens is 2. The number of aliphatic hydroxyl groups excluding tert-OH is 1. The van der Waals surface area contributed by atoms with E-state index in [0.29, 0.717) is 27.3 Å². The van der Waals surface area contributed by atoms with Crippen molar-refractivity contribution in [2.75, 3.05) is 0 Å². The summed E-state index contributed by atoms with van der Waals surface area (Å²) in [7, 11) is 0. The van der Waals surface area contributed by atoms with Gasteiger partial charge in [-0.25, -0.2) is 0 Å². The van der Waals surface area contributed by atoms with E-state index in [4.69, 9.17) is 23.2 Å². The predicted octanol–water partition coefficient (Wildman–Crippen LogP) is 3.38. The molecule has 1 aromatic heterocycles. The Morgan fingerprint density at radius 3 is 2.65 bits per heavy atom. The van der Waals surface area contributed by atoms with Gasteiger partial charge >= 0.3 is 0 Å². The molecule has 0 aliphatic carbocycles. The SMILES string of the molecule is O=c1cc(CO)n2c(n1)CN=C(c1ccccc1Cl)c1cc(Cl)ccc1-2. The summed E-state index contributed by atoms with van der Waals surface area (Å²) in [6.45, 7) is -0.121. The normalized spacial score (nSPS) is 12.8. The fourth-order valence-electron chi connectivity index (χ4n) is 3.11. The number of benzene rings is 2. The quantitative estimate of drug-likeness (QED) is 0.734. The molecule has 7 heteroatoms. The van der Waals surface area contributed by atoms with Crippen LogP contribution in [0, 0.1) is 0 Å². The molecule has 26 heavy (non-hydrogen) atoms. The highest BCUT2D eigenvalue weighted by Gasteiger charge is 2.22. The van der Waals surface area contributed by atoms with Crippen LogP contribution in [0.2, 0.25) is 10.0 Å². The van der Waals surface area contributed by atoms with Crippen LogP contribution >= 0.6 is 23.2 Å². The molecule has 1 N–H and O–H groups in total. The Kier molecular flexibility index (Phi) is 4.36. The van der Waals surface area contributed by atoms with Crippen molar-refractivity contribution >= 4 is 28.9 Å². The Balaban J connectivity index is 2.06. The van der Waals surface area contributed by atoms with Crippen molar-refractivity contribution in [3.05, 3.63) is 91.6 Å². The Labute approximate surface area is 159 Å². The van der Waals surface area contributed by atoms with E-state index in [0.717, 1.165) is 16.8 Å². The number of aromatic nitrogens is 2. The van der Waals surface area contributed by atoms with Gasteiger partial charge in [0.05, 0.1) is 30.2 Å². The van der Waals surface area contributed by atoms with Crippen molar-refractivity contribution in [2.24, 2.45) is 4.99 Å². The van der Waals surface area contributed by atoms with E-state index >= 15 is 0 Å². The van der Waals surface area contributed by atoms with Crippen molar-refractivity contribution < 1.29 is 5.11 Å². The highest BCUT2D eigenvalue weighted by atomic mass is 35.5. The Morgan fingerprint density at radius 1 is 1.08 bits per heavy atom. The maximum Gasteiger partial charge on any atom is 0.273 e. The number of aliphatic hydroxyl groups is 1. The van der Waals surface area contributed by atoms with E-state index in [-0.39, 0.29) is 13.2 Å². The Morgan fingerprint density at radius 2 is 1.88 bits per heavy atom. The van der Waals surface area contributed by atoms with Crippen LogP contribution in [0.4, 0.5) is 0 Å². The van der Waals surface area contributed by atoms with Gasteiger partial charge in [0.2, 0.25) is 0 Å². The maximum absolute atomic E-state index is 11.9. The smallest absolute Gasteiger partial charge is 0.273 e. The standard InChI is InChI=1S/C19H13Cl2N3O2/c20-11-5-6-16-14(7-11)19(13-3-1-2-4-15(13)21)22-9-17-23-18(26)8-12(10-25)24(16)17/h1-8,25H,9-10H2. The van der Waals surface area contributed by atoms with Crippen LogP contribution in [-0.2, 0) is 13.2 Å². The van der Waals surface area contributed by atoms with Crippen LogP contribution in [0.15, 0.2) is 58.3 Å². The van der Waals surface area contributed by atoms with Crippen LogP contribution in [0.1, 0.15) is 22.6 Å². The third kappa shape index (κ3) is 2.84. The van der Waals surface area contributed by atoms with Crippen LogP contribution in [0.5, 0.6) is 0 Å². The molecule has 2 aromatic carbocycles. The third-order valence-corrected chi connectivity index (χ3v) is 4.76.